The SMILES string of the molecule is CCn1c(-c2nonc2N)nc2cncc(CC3(N)CCC(N)CC3)c21. The minimum Gasteiger partial charge on any atom is -0.379 e. The van der Waals surface area contributed by atoms with Gasteiger partial charge in [0.15, 0.2) is 17.3 Å². The van der Waals surface area contributed by atoms with Crippen molar-refractivity contribution in [1.82, 2.24) is 24.8 Å². The molecule has 9 heteroatoms. The fourth-order valence-corrected chi connectivity index (χ4v) is 3.90. The van der Waals surface area contributed by atoms with Crippen molar-refractivity contribution in [2.24, 2.45) is 11.5 Å². The number of hydrogen-bond acceptors (Lipinski definition) is 8. The molecule has 0 atom stereocenters. The summed E-state index contributed by atoms with van der Waals surface area (Å²) in [6.45, 7) is 2.76. The Morgan fingerprint density at radius 1 is 1.27 bits per heavy atom. The molecule has 1 saturated carbocycles. The van der Waals surface area contributed by atoms with Crippen LogP contribution in [0.1, 0.15) is 38.2 Å². The summed E-state index contributed by atoms with van der Waals surface area (Å²) in [4.78, 5) is 9.04. The summed E-state index contributed by atoms with van der Waals surface area (Å²) >= 11 is 0. The van der Waals surface area contributed by atoms with E-state index in [1.165, 1.54) is 0 Å². The largest absolute Gasteiger partial charge is 0.379 e. The van der Waals surface area contributed by atoms with Crippen molar-refractivity contribution < 1.29 is 4.63 Å². The predicted octanol–water partition coefficient (Wildman–Crippen LogP) is 1.22. The van der Waals surface area contributed by atoms with Crippen LogP contribution in [0.2, 0.25) is 0 Å². The summed E-state index contributed by atoms with van der Waals surface area (Å²) in [7, 11) is 0. The highest BCUT2D eigenvalue weighted by molar-refractivity contribution is 5.83. The molecular formula is C17H24N8O. The lowest BCUT2D eigenvalue weighted by Gasteiger charge is -2.36. The summed E-state index contributed by atoms with van der Waals surface area (Å²) in [5, 5.41) is 7.57. The van der Waals surface area contributed by atoms with Crippen LogP contribution < -0.4 is 17.2 Å². The summed E-state index contributed by atoms with van der Waals surface area (Å²) in [6.07, 6.45) is 8.11. The second kappa shape index (κ2) is 6.33. The number of hydrogen-bond donors (Lipinski definition) is 3. The molecule has 0 spiro atoms. The zero-order valence-corrected chi connectivity index (χ0v) is 14.9. The number of fused-ring (bicyclic) bond motifs is 1. The third kappa shape index (κ3) is 2.82. The fraction of sp³-hybridized carbons (Fsp3) is 0.529. The second-order valence-electron chi connectivity index (χ2n) is 7.22. The molecule has 1 fully saturated rings. The summed E-state index contributed by atoms with van der Waals surface area (Å²) in [6, 6.07) is 0.260. The topological polar surface area (TPSA) is 148 Å². The van der Waals surface area contributed by atoms with Gasteiger partial charge in [-0.1, -0.05) is 0 Å². The number of nitrogen functional groups attached to an aromatic ring is 1. The standard InChI is InChI=1S/C17H24N8O/c1-2-25-14-10(7-17(20)5-3-11(18)4-6-17)8-21-9-12(14)22-16(25)13-15(19)24-26-23-13/h8-9,11H,2-7,18,20H2,1H3,(H2,19,24). The molecule has 138 valence electrons. The molecule has 0 bridgehead atoms. The molecule has 0 amide bonds. The first-order valence-corrected chi connectivity index (χ1v) is 8.97. The summed E-state index contributed by atoms with van der Waals surface area (Å²) in [5.74, 6) is 0.855. The van der Waals surface area contributed by atoms with Gasteiger partial charge in [-0.05, 0) is 54.9 Å². The van der Waals surface area contributed by atoms with Gasteiger partial charge in [0.05, 0.1) is 11.7 Å². The van der Waals surface area contributed by atoms with Crippen LogP contribution in [-0.4, -0.2) is 36.4 Å². The van der Waals surface area contributed by atoms with E-state index in [-0.39, 0.29) is 17.4 Å². The van der Waals surface area contributed by atoms with Crippen molar-refractivity contribution in [1.29, 1.82) is 0 Å². The van der Waals surface area contributed by atoms with Gasteiger partial charge >= 0.3 is 0 Å². The Kier molecular flexibility index (Phi) is 4.12. The minimum atomic E-state index is -0.261. The van der Waals surface area contributed by atoms with Gasteiger partial charge < -0.3 is 21.8 Å². The predicted molar refractivity (Wildman–Crippen MR) is 98.0 cm³/mol. The quantitative estimate of drug-likeness (QED) is 0.632. The molecule has 0 unspecified atom stereocenters. The number of rotatable bonds is 4. The average Bonchev–Trinajstić information content (AvgIpc) is 3.21. The number of anilines is 1. The zero-order chi connectivity index (χ0) is 18.3. The van der Waals surface area contributed by atoms with Crippen LogP contribution in [0.4, 0.5) is 5.82 Å². The Bertz CT molecular complexity index is 922. The molecule has 0 radical (unpaired) electrons. The Morgan fingerprint density at radius 3 is 2.69 bits per heavy atom. The van der Waals surface area contributed by atoms with E-state index < -0.39 is 0 Å². The monoisotopic (exact) mass is 356 g/mol. The molecule has 3 heterocycles. The Labute approximate surface area is 150 Å². The lowest BCUT2D eigenvalue weighted by atomic mass is 9.77. The number of nitrogens with two attached hydrogens (primary N) is 3. The van der Waals surface area contributed by atoms with Gasteiger partial charge in [-0.2, -0.15) is 0 Å². The van der Waals surface area contributed by atoms with E-state index in [0.717, 1.165) is 48.7 Å². The van der Waals surface area contributed by atoms with E-state index in [2.05, 4.69) is 31.8 Å². The zero-order valence-electron chi connectivity index (χ0n) is 14.9. The van der Waals surface area contributed by atoms with Crippen LogP contribution in [0.5, 0.6) is 0 Å². The van der Waals surface area contributed by atoms with Gasteiger partial charge in [-0.3, -0.25) is 4.98 Å². The number of imidazole rings is 1. The molecule has 26 heavy (non-hydrogen) atoms. The Morgan fingerprint density at radius 2 is 2.04 bits per heavy atom. The highest BCUT2D eigenvalue weighted by Gasteiger charge is 2.32. The van der Waals surface area contributed by atoms with Crippen LogP contribution in [0.15, 0.2) is 17.0 Å². The lowest BCUT2D eigenvalue weighted by molar-refractivity contribution is 0.272. The van der Waals surface area contributed by atoms with Gasteiger partial charge in [-0.15, -0.1) is 0 Å². The molecule has 0 aliphatic heterocycles. The molecule has 0 aromatic carbocycles. The number of aryl methyl sites for hydroxylation is 1. The highest BCUT2D eigenvalue weighted by atomic mass is 16.6. The number of nitrogens with zero attached hydrogens (tertiary/aromatic N) is 5. The normalized spacial score (nSPS) is 23.6. The first kappa shape index (κ1) is 16.9. The maximum atomic E-state index is 6.69. The average molecular weight is 356 g/mol. The van der Waals surface area contributed by atoms with E-state index in [1.54, 1.807) is 6.20 Å². The Hall–Kier alpha value is -2.52. The summed E-state index contributed by atoms with van der Waals surface area (Å²) in [5.41, 5.74) is 21.7. The molecule has 4 rings (SSSR count). The first-order valence-electron chi connectivity index (χ1n) is 8.97. The van der Waals surface area contributed by atoms with E-state index in [9.17, 15) is 0 Å². The van der Waals surface area contributed by atoms with Gasteiger partial charge in [0, 0.05) is 24.3 Å². The molecule has 3 aromatic rings. The van der Waals surface area contributed by atoms with Crippen LogP contribution >= 0.6 is 0 Å². The molecule has 1 aliphatic rings. The van der Waals surface area contributed by atoms with Crippen LogP contribution in [-0.2, 0) is 13.0 Å². The van der Waals surface area contributed by atoms with E-state index in [1.807, 2.05) is 6.20 Å². The smallest absolute Gasteiger partial charge is 0.199 e. The highest BCUT2D eigenvalue weighted by Crippen LogP contribution is 2.33. The van der Waals surface area contributed by atoms with Crippen molar-refractivity contribution in [3.8, 4) is 11.5 Å². The van der Waals surface area contributed by atoms with E-state index >= 15 is 0 Å². The number of aromatic nitrogens is 5. The maximum absolute atomic E-state index is 6.69. The third-order valence-corrected chi connectivity index (χ3v) is 5.34. The van der Waals surface area contributed by atoms with E-state index in [0.29, 0.717) is 18.1 Å². The molecular weight excluding hydrogens is 332 g/mol. The maximum Gasteiger partial charge on any atom is 0.199 e. The van der Waals surface area contributed by atoms with E-state index in [4.69, 9.17) is 21.8 Å². The van der Waals surface area contributed by atoms with Gasteiger partial charge in [0.1, 0.15) is 5.52 Å². The van der Waals surface area contributed by atoms with Crippen LogP contribution in [0, 0.1) is 0 Å². The van der Waals surface area contributed by atoms with Crippen LogP contribution in [0.25, 0.3) is 22.6 Å². The molecule has 0 saturated heterocycles. The molecule has 1 aliphatic carbocycles. The van der Waals surface area contributed by atoms with Gasteiger partial charge in [0.2, 0.25) is 0 Å². The number of pyridine rings is 1. The first-order chi connectivity index (χ1) is 12.5. The van der Waals surface area contributed by atoms with Crippen LogP contribution in [0.3, 0.4) is 0 Å². The van der Waals surface area contributed by atoms with Crippen molar-refractivity contribution >= 4 is 16.9 Å². The lowest BCUT2D eigenvalue weighted by Crippen LogP contribution is -2.47. The molecule has 3 aromatic heterocycles. The molecule has 6 N–H and O–H groups in total. The van der Waals surface area contributed by atoms with Gasteiger partial charge in [-0.25, -0.2) is 9.61 Å². The van der Waals surface area contributed by atoms with Gasteiger partial charge in [0.25, 0.3) is 0 Å². The van der Waals surface area contributed by atoms with Crippen molar-refractivity contribution in [2.45, 2.75) is 57.2 Å². The van der Waals surface area contributed by atoms with Crippen molar-refractivity contribution in [3.05, 3.63) is 18.0 Å². The van der Waals surface area contributed by atoms with Crippen molar-refractivity contribution in [2.75, 3.05) is 5.73 Å². The summed E-state index contributed by atoms with van der Waals surface area (Å²) < 4.78 is 6.82. The third-order valence-electron chi connectivity index (χ3n) is 5.34. The second-order valence-corrected chi connectivity index (χ2v) is 7.22. The van der Waals surface area contributed by atoms with Crippen molar-refractivity contribution in [3.63, 3.8) is 0 Å². The fourth-order valence-electron chi connectivity index (χ4n) is 3.90. The minimum absolute atomic E-state index is 0.223. The molecule has 9 nitrogen and oxygen atoms in total. The Balaban J connectivity index is 1.79.